The molecule has 4 fully saturated rings. The van der Waals surface area contributed by atoms with Crippen molar-refractivity contribution in [2.24, 2.45) is 52.1 Å². The minimum absolute atomic E-state index is 0.111. The summed E-state index contributed by atoms with van der Waals surface area (Å²) >= 11 is 0. The number of nitrogens with one attached hydrogen (secondary N) is 1. The molecule has 0 aliphatic heterocycles. The molecule has 10 unspecified atom stereocenters. The van der Waals surface area contributed by atoms with Crippen molar-refractivity contribution in [3.63, 3.8) is 0 Å². The number of aliphatic hydroxyl groups is 2. The molecule has 0 heterocycles. The van der Waals surface area contributed by atoms with Crippen LogP contribution in [0.2, 0.25) is 0 Å². The quantitative estimate of drug-likeness (QED) is 0.367. The van der Waals surface area contributed by atoms with Crippen molar-refractivity contribution < 1.29 is 15.0 Å². The highest BCUT2D eigenvalue weighted by atomic mass is 16.3. The van der Waals surface area contributed by atoms with Crippen LogP contribution in [0, 0.1) is 46.3 Å². The number of carbonyl (C=O) groups is 1. The minimum atomic E-state index is -0.203. The third kappa shape index (κ3) is 4.18. The highest BCUT2D eigenvalue weighted by Gasteiger charge is 2.62. The van der Waals surface area contributed by atoms with E-state index in [0.717, 1.165) is 38.5 Å². The average Bonchev–Trinajstić information content (AvgIpc) is 3.10. The fourth-order valence-corrected chi connectivity index (χ4v) is 9.09. The van der Waals surface area contributed by atoms with E-state index in [1.54, 1.807) is 6.08 Å². The standard InChI is InChI=1S/C27H46N2O3/c1-17(6-4-5-7-24(32)29-16-28)20-8-9-21-25-22(11-13-27(20,21)3)26(2)12-10-19(30)14-18(26)15-23(25)31/h5,7,17-23,25,30-31H,4,6,8-16,28H2,1-3H3,(H,29,32)/b7-5+. The summed E-state index contributed by atoms with van der Waals surface area (Å²) < 4.78 is 0. The summed E-state index contributed by atoms with van der Waals surface area (Å²) in [6.07, 6.45) is 14.1. The van der Waals surface area contributed by atoms with E-state index in [2.05, 4.69) is 26.1 Å². The van der Waals surface area contributed by atoms with Crippen molar-refractivity contribution in [1.82, 2.24) is 5.32 Å². The van der Waals surface area contributed by atoms with Gasteiger partial charge in [-0.2, -0.15) is 0 Å². The molecule has 5 N–H and O–H groups in total. The lowest BCUT2D eigenvalue weighted by molar-refractivity contribution is -0.174. The van der Waals surface area contributed by atoms with Crippen LogP contribution in [0.15, 0.2) is 12.2 Å². The monoisotopic (exact) mass is 446 g/mol. The molecule has 0 spiro atoms. The number of nitrogens with two attached hydrogens (primary N) is 1. The van der Waals surface area contributed by atoms with E-state index >= 15 is 0 Å². The van der Waals surface area contributed by atoms with Crippen molar-refractivity contribution in [2.75, 3.05) is 6.67 Å². The van der Waals surface area contributed by atoms with Crippen LogP contribution >= 0.6 is 0 Å². The third-order valence-electron chi connectivity index (χ3n) is 10.7. The van der Waals surface area contributed by atoms with E-state index < -0.39 is 0 Å². The van der Waals surface area contributed by atoms with Crippen molar-refractivity contribution in [2.45, 2.75) is 97.2 Å². The molecule has 5 nitrogen and oxygen atoms in total. The maximum atomic E-state index is 11.6. The molecule has 0 saturated heterocycles. The smallest absolute Gasteiger partial charge is 0.244 e. The van der Waals surface area contributed by atoms with Crippen LogP contribution in [0.4, 0.5) is 0 Å². The molecule has 0 radical (unpaired) electrons. The van der Waals surface area contributed by atoms with E-state index in [-0.39, 0.29) is 24.8 Å². The number of hydrogen-bond donors (Lipinski definition) is 4. The zero-order valence-electron chi connectivity index (χ0n) is 20.4. The second-order valence-corrected chi connectivity index (χ2v) is 12.2. The molecular weight excluding hydrogens is 400 g/mol. The number of fused-ring (bicyclic) bond motifs is 5. The van der Waals surface area contributed by atoms with Gasteiger partial charge >= 0.3 is 0 Å². The Morgan fingerprint density at radius 1 is 1.09 bits per heavy atom. The lowest BCUT2D eigenvalue weighted by Gasteiger charge is -2.62. The van der Waals surface area contributed by atoms with Crippen LogP contribution in [-0.4, -0.2) is 35.0 Å². The van der Waals surface area contributed by atoms with Gasteiger partial charge in [0.1, 0.15) is 0 Å². The Morgan fingerprint density at radius 2 is 1.81 bits per heavy atom. The number of carbonyl (C=O) groups excluding carboxylic acids is 1. The number of rotatable bonds is 6. The molecular formula is C27H46N2O3. The van der Waals surface area contributed by atoms with Gasteiger partial charge in [0.2, 0.25) is 5.91 Å². The third-order valence-corrected chi connectivity index (χ3v) is 10.7. The molecule has 10 atom stereocenters. The largest absolute Gasteiger partial charge is 0.393 e. The summed E-state index contributed by atoms with van der Waals surface area (Å²) in [6.45, 7) is 7.58. The zero-order valence-corrected chi connectivity index (χ0v) is 20.4. The van der Waals surface area contributed by atoms with Crippen molar-refractivity contribution in [3.05, 3.63) is 12.2 Å². The van der Waals surface area contributed by atoms with E-state index in [1.807, 2.05) is 6.08 Å². The molecule has 1 amide bonds. The van der Waals surface area contributed by atoms with Crippen LogP contribution in [-0.2, 0) is 4.79 Å². The fourth-order valence-electron chi connectivity index (χ4n) is 9.09. The number of amides is 1. The molecule has 0 aromatic carbocycles. The normalized spacial score (nSPS) is 46.9. The Morgan fingerprint density at radius 3 is 2.56 bits per heavy atom. The van der Waals surface area contributed by atoms with Gasteiger partial charge in [-0.05, 0) is 117 Å². The first-order valence-electron chi connectivity index (χ1n) is 13.2. The summed E-state index contributed by atoms with van der Waals surface area (Å²) in [6, 6.07) is 0. The lowest BCUT2D eigenvalue weighted by Crippen LogP contribution is -2.58. The van der Waals surface area contributed by atoms with E-state index in [9.17, 15) is 15.0 Å². The van der Waals surface area contributed by atoms with Crippen molar-refractivity contribution >= 4 is 5.91 Å². The van der Waals surface area contributed by atoms with Crippen LogP contribution in [0.3, 0.4) is 0 Å². The van der Waals surface area contributed by atoms with Crippen molar-refractivity contribution in [3.8, 4) is 0 Å². The summed E-state index contributed by atoms with van der Waals surface area (Å²) in [4.78, 5) is 11.6. The summed E-state index contributed by atoms with van der Waals surface area (Å²) in [7, 11) is 0. The highest BCUT2D eigenvalue weighted by molar-refractivity contribution is 5.87. The Hall–Kier alpha value is -0.910. The highest BCUT2D eigenvalue weighted by Crippen LogP contribution is 2.68. The van der Waals surface area contributed by atoms with Gasteiger partial charge in [-0.1, -0.05) is 26.8 Å². The summed E-state index contributed by atoms with van der Waals surface area (Å²) in [5, 5.41) is 24.2. The predicted octanol–water partition coefficient (Wildman–Crippen LogP) is 3.98. The topological polar surface area (TPSA) is 95.6 Å². The van der Waals surface area contributed by atoms with Crippen LogP contribution < -0.4 is 11.1 Å². The van der Waals surface area contributed by atoms with Gasteiger partial charge in [-0.3, -0.25) is 4.79 Å². The van der Waals surface area contributed by atoms with Gasteiger partial charge in [0.05, 0.1) is 18.9 Å². The maximum Gasteiger partial charge on any atom is 0.244 e. The molecule has 4 saturated carbocycles. The number of aliphatic hydroxyl groups excluding tert-OH is 2. The van der Waals surface area contributed by atoms with Gasteiger partial charge in [0.25, 0.3) is 0 Å². The van der Waals surface area contributed by atoms with E-state index in [4.69, 9.17) is 5.73 Å². The van der Waals surface area contributed by atoms with Crippen LogP contribution in [0.1, 0.15) is 85.0 Å². The SMILES string of the molecule is CC(CC/C=C/C(=O)NCN)C1CCC2C3C(O)CC4CC(O)CCC4(C)C3CCC12C. The molecule has 4 aliphatic rings. The number of allylic oxidation sites excluding steroid dienone is 1. The summed E-state index contributed by atoms with van der Waals surface area (Å²) in [5.41, 5.74) is 5.97. The molecule has 0 aromatic heterocycles. The number of hydrogen-bond acceptors (Lipinski definition) is 4. The first-order chi connectivity index (χ1) is 15.2. The summed E-state index contributed by atoms with van der Waals surface area (Å²) in [5.74, 6) is 3.36. The molecule has 32 heavy (non-hydrogen) atoms. The Bertz CT molecular complexity index is 711. The minimum Gasteiger partial charge on any atom is -0.393 e. The van der Waals surface area contributed by atoms with E-state index in [1.165, 1.54) is 25.7 Å². The van der Waals surface area contributed by atoms with Gasteiger partial charge in [-0.25, -0.2) is 0 Å². The molecule has 5 heteroatoms. The Labute approximate surface area is 194 Å². The zero-order chi connectivity index (χ0) is 23.1. The van der Waals surface area contributed by atoms with Gasteiger partial charge in [-0.15, -0.1) is 0 Å². The van der Waals surface area contributed by atoms with Gasteiger partial charge in [0.15, 0.2) is 0 Å². The predicted molar refractivity (Wildman–Crippen MR) is 127 cm³/mol. The van der Waals surface area contributed by atoms with E-state index in [0.29, 0.717) is 46.3 Å². The molecule has 182 valence electrons. The molecule has 4 aliphatic carbocycles. The van der Waals surface area contributed by atoms with Crippen molar-refractivity contribution in [1.29, 1.82) is 0 Å². The average molecular weight is 447 g/mol. The van der Waals surface area contributed by atoms with Crippen LogP contribution in [0.25, 0.3) is 0 Å². The second kappa shape index (κ2) is 9.38. The molecule has 0 bridgehead atoms. The molecule has 4 rings (SSSR count). The van der Waals surface area contributed by atoms with Gasteiger partial charge < -0.3 is 21.3 Å². The first kappa shape index (κ1) is 24.2. The Kier molecular flexibility index (Phi) is 7.10. The lowest BCUT2D eigenvalue weighted by atomic mass is 9.43. The fraction of sp³-hybridized carbons (Fsp3) is 0.889. The first-order valence-corrected chi connectivity index (χ1v) is 13.2. The van der Waals surface area contributed by atoms with Gasteiger partial charge in [0, 0.05) is 0 Å². The molecule has 0 aromatic rings. The second-order valence-electron chi connectivity index (χ2n) is 12.2. The van der Waals surface area contributed by atoms with Crippen LogP contribution in [0.5, 0.6) is 0 Å². The maximum absolute atomic E-state index is 11.6. The Balaban J connectivity index is 1.43.